The number of thioether (sulfide) groups is 1. The van der Waals surface area contributed by atoms with Gasteiger partial charge in [-0.2, -0.15) is 0 Å². The Morgan fingerprint density at radius 3 is 2.60 bits per heavy atom. The van der Waals surface area contributed by atoms with Crippen LogP contribution in [0.2, 0.25) is 0 Å². The molecule has 1 heterocycles. The number of halogens is 1. The molecular weight excluding hydrogens is 405 g/mol. The highest BCUT2D eigenvalue weighted by Crippen LogP contribution is 2.26. The van der Waals surface area contributed by atoms with E-state index >= 15 is 0 Å². The topological polar surface area (TPSA) is 91.2 Å². The van der Waals surface area contributed by atoms with Crippen LogP contribution >= 0.6 is 11.8 Å². The molecule has 4 aromatic rings. The molecule has 152 valence electrons. The fourth-order valence-electron chi connectivity index (χ4n) is 2.90. The molecule has 0 saturated heterocycles. The number of ether oxygens (including phenoxy) is 1. The summed E-state index contributed by atoms with van der Waals surface area (Å²) in [4.78, 5) is 11.8. The largest absolute Gasteiger partial charge is 0.484 e. The molecule has 1 aromatic heterocycles. The molecule has 0 radical (unpaired) electrons. The number of carbonyl (C=O) groups excluding carboxylic acids is 1. The first-order chi connectivity index (χ1) is 14.6. The van der Waals surface area contributed by atoms with Crippen molar-refractivity contribution in [3.05, 3.63) is 84.0 Å². The highest BCUT2D eigenvalue weighted by molar-refractivity contribution is 8.00. The predicted octanol–water partition coefficient (Wildman–Crippen LogP) is 4.13. The van der Waals surface area contributed by atoms with Crippen molar-refractivity contribution in [2.75, 3.05) is 0 Å². The lowest BCUT2D eigenvalue weighted by Crippen LogP contribution is -2.27. The Hall–Kier alpha value is -3.39. The number of amides is 1. The van der Waals surface area contributed by atoms with E-state index in [0.717, 1.165) is 28.1 Å². The van der Waals surface area contributed by atoms with E-state index in [4.69, 9.17) is 14.9 Å². The zero-order valence-corrected chi connectivity index (χ0v) is 16.6. The zero-order valence-electron chi connectivity index (χ0n) is 15.8. The molecule has 4 rings (SSSR count). The standard InChI is InChI=1S/C22H18FN3O3S/c23-17-8-5-14(6-9-17)11-19(21(24)27)30-22-26-25-20(29-22)13-28-18-10-7-15-3-1-2-4-16(15)12-18/h1-10,12,19H,11,13H2,(H2,24,27). The van der Waals surface area contributed by atoms with Crippen LogP contribution in [0.5, 0.6) is 5.75 Å². The Morgan fingerprint density at radius 2 is 1.83 bits per heavy atom. The average Bonchev–Trinajstić information content (AvgIpc) is 3.20. The molecule has 1 unspecified atom stereocenters. The minimum absolute atomic E-state index is 0.102. The van der Waals surface area contributed by atoms with E-state index in [0.29, 0.717) is 12.2 Å². The highest BCUT2D eigenvalue weighted by atomic mass is 32.2. The van der Waals surface area contributed by atoms with Crippen LogP contribution in [0.15, 0.2) is 76.4 Å². The molecule has 0 saturated carbocycles. The van der Waals surface area contributed by atoms with Gasteiger partial charge >= 0.3 is 0 Å². The summed E-state index contributed by atoms with van der Waals surface area (Å²) < 4.78 is 24.4. The van der Waals surface area contributed by atoms with Crippen molar-refractivity contribution < 1.29 is 18.3 Å². The third-order valence-electron chi connectivity index (χ3n) is 4.43. The molecule has 8 heteroatoms. The van der Waals surface area contributed by atoms with E-state index in [1.54, 1.807) is 12.1 Å². The van der Waals surface area contributed by atoms with E-state index in [-0.39, 0.29) is 23.5 Å². The SMILES string of the molecule is NC(=O)C(Cc1ccc(F)cc1)Sc1nnc(COc2ccc3ccccc3c2)o1. The number of nitrogens with zero attached hydrogens (tertiary/aromatic N) is 2. The first kappa shape index (κ1) is 19.9. The second-order valence-electron chi connectivity index (χ2n) is 6.60. The summed E-state index contributed by atoms with van der Waals surface area (Å²) in [6, 6.07) is 19.7. The quantitative estimate of drug-likeness (QED) is 0.429. The van der Waals surface area contributed by atoms with Crippen LogP contribution in [0, 0.1) is 5.82 Å². The van der Waals surface area contributed by atoms with Crippen molar-refractivity contribution in [2.45, 2.75) is 23.5 Å². The van der Waals surface area contributed by atoms with Gasteiger partial charge in [-0.3, -0.25) is 4.79 Å². The minimum atomic E-state index is -0.620. The summed E-state index contributed by atoms with van der Waals surface area (Å²) in [5.74, 6) is 0.120. The summed E-state index contributed by atoms with van der Waals surface area (Å²) in [6.07, 6.45) is 0.325. The van der Waals surface area contributed by atoms with Crippen LogP contribution in [0.1, 0.15) is 11.5 Å². The third kappa shape index (κ3) is 4.96. The number of carbonyl (C=O) groups is 1. The fraction of sp³-hybridized carbons (Fsp3) is 0.136. The zero-order chi connectivity index (χ0) is 20.9. The van der Waals surface area contributed by atoms with Gasteiger partial charge in [-0.25, -0.2) is 4.39 Å². The van der Waals surface area contributed by atoms with Crippen molar-refractivity contribution in [1.82, 2.24) is 10.2 Å². The first-order valence-corrected chi connectivity index (χ1v) is 10.1. The fourth-order valence-corrected chi connectivity index (χ4v) is 3.77. The Labute approximate surface area is 176 Å². The predicted molar refractivity (Wildman–Crippen MR) is 112 cm³/mol. The molecule has 0 aliphatic carbocycles. The number of primary amides is 1. The lowest BCUT2D eigenvalue weighted by atomic mass is 10.1. The lowest BCUT2D eigenvalue weighted by molar-refractivity contribution is -0.117. The molecular formula is C22H18FN3O3S. The van der Waals surface area contributed by atoms with E-state index in [9.17, 15) is 9.18 Å². The van der Waals surface area contributed by atoms with Crippen LogP contribution < -0.4 is 10.5 Å². The maximum absolute atomic E-state index is 13.1. The molecule has 0 spiro atoms. The van der Waals surface area contributed by atoms with E-state index in [1.165, 1.54) is 12.1 Å². The van der Waals surface area contributed by atoms with Crippen LogP contribution in [0.3, 0.4) is 0 Å². The Bertz CT molecular complexity index is 1160. The van der Waals surface area contributed by atoms with Gasteiger partial charge in [0, 0.05) is 0 Å². The van der Waals surface area contributed by atoms with Gasteiger partial charge in [-0.05, 0) is 47.0 Å². The smallest absolute Gasteiger partial charge is 0.277 e. The van der Waals surface area contributed by atoms with Crippen LogP contribution in [0.4, 0.5) is 4.39 Å². The minimum Gasteiger partial charge on any atom is -0.484 e. The molecule has 0 aliphatic heterocycles. The van der Waals surface area contributed by atoms with Gasteiger partial charge in [0.1, 0.15) is 11.6 Å². The van der Waals surface area contributed by atoms with Crippen LogP contribution in [-0.2, 0) is 17.8 Å². The number of hydrogen-bond acceptors (Lipinski definition) is 6. The monoisotopic (exact) mass is 423 g/mol. The van der Waals surface area contributed by atoms with Gasteiger partial charge in [0.05, 0.1) is 5.25 Å². The maximum Gasteiger partial charge on any atom is 0.277 e. The van der Waals surface area contributed by atoms with Crippen LogP contribution in [-0.4, -0.2) is 21.4 Å². The second kappa shape index (κ2) is 8.96. The summed E-state index contributed by atoms with van der Waals surface area (Å²) in [5, 5.41) is 9.71. The molecule has 30 heavy (non-hydrogen) atoms. The molecule has 1 amide bonds. The maximum atomic E-state index is 13.1. The first-order valence-electron chi connectivity index (χ1n) is 9.21. The summed E-state index contributed by atoms with van der Waals surface area (Å²) in [5.41, 5.74) is 6.29. The molecule has 0 aliphatic rings. The number of nitrogens with two attached hydrogens (primary N) is 1. The van der Waals surface area contributed by atoms with Gasteiger partial charge in [0.15, 0.2) is 6.61 Å². The van der Waals surface area contributed by atoms with Gasteiger partial charge in [0.2, 0.25) is 5.91 Å². The summed E-state index contributed by atoms with van der Waals surface area (Å²) >= 11 is 1.08. The number of hydrogen-bond donors (Lipinski definition) is 1. The lowest BCUT2D eigenvalue weighted by Gasteiger charge is -2.10. The van der Waals surface area contributed by atoms with E-state index in [1.807, 2.05) is 42.5 Å². The number of fused-ring (bicyclic) bond motifs is 1. The van der Waals surface area contributed by atoms with Crippen molar-refractivity contribution in [2.24, 2.45) is 5.73 Å². The normalized spacial score (nSPS) is 12.0. The number of benzene rings is 3. The second-order valence-corrected chi connectivity index (χ2v) is 7.75. The Balaban J connectivity index is 1.38. The van der Waals surface area contributed by atoms with E-state index in [2.05, 4.69) is 10.2 Å². The Kier molecular flexibility index (Phi) is 5.94. The molecule has 0 bridgehead atoms. The average molecular weight is 423 g/mol. The number of aromatic nitrogens is 2. The van der Waals surface area contributed by atoms with Crippen molar-refractivity contribution in [3.8, 4) is 5.75 Å². The van der Waals surface area contributed by atoms with E-state index < -0.39 is 11.2 Å². The third-order valence-corrected chi connectivity index (χ3v) is 5.48. The molecule has 3 aromatic carbocycles. The Morgan fingerprint density at radius 1 is 1.07 bits per heavy atom. The van der Waals surface area contributed by atoms with Crippen molar-refractivity contribution >= 4 is 28.4 Å². The molecule has 2 N–H and O–H groups in total. The highest BCUT2D eigenvalue weighted by Gasteiger charge is 2.21. The summed E-state index contributed by atoms with van der Waals surface area (Å²) in [7, 11) is 0. The molecule has 0 fully saturated rings. The number of rotatable bonds is 8. The van der Waals surface area contributed by atoms with Gasteiger partial charge < -0.3 is 14.9 Å². The van der Waals surface area contributed by atoms with Crippen molar-refractivity contribution in [1.29, 1.82) is 0 Å². The van der Waals surface area contributed by atoms with Gasteiger partial charge in [0.25, 0.3) is 11.1 Å². The van der Waals surface area contributed by atoms with Crippen LogP contribution in [0.25, 0.3) is 10.8 Å². The molecule has 6 nitrogen and oxygen atoms in total. The van der Waals surface area contributed by atoms with Gasteiger partial charge in [-0.15, -0.1) is 10.2 Å². The van der Waals surface area contributed by atoms with Gasteiger partial charge in [-0.1, -0.05) is 54.2 Å². The van der Waals surface area contributed by atoms with Crippen molar-refractivity contribution in [3.63, 3.8) is 0 Å². The summed E-state index contributed by atoms with van der Waals surface area (Å²) in [6.45, 7) is 0.102. The molecule has 1 atom stereocenters.